The molecule has 33 heavy (non-hydrogen) atoms. The highest BCUT2D eigenvalue weighted by Gasteiger charge is 2.31. The van der Waals surface area contributed by atoms with Crippen LogP contribution in [0.5, 0.6) is 5.75 Å². The fraction of sp³-hybridized carbons (Fsp3) is 0.182. The van der Waals surface area contributed by atoms with Crippen molar-refractivity contribution in [1.29, 1.82) is 0 Å². The van der Waals surface area contributed by atoms with Crippen LogP contribution in [0.3, 0.4) is 0 Å². The average Bonchev–Trinajstić information content (AvgIpc) is 2.75. The summed E-state index contributed by atoms with van der Waals surface area (Å²) < 4.78 is 40.3. The van der Waals surface area contributed by atoms with E-state index >= 15 is 0 Å². The molecular formula is C22H19F3N4O3S. The minimum Gasteiger partial charge on any atom is -0.406 e. The van der Waals surface area contributed by atoms with Gasteiger partial charge in [-0.05, 0) is 61.9 Å². The number of halogens is 3. The summed E-state index contributed by atoms with van der Waals surface area (Å²) in [7, 11) is 0. The van der Waals surface area contributed by atoms with E-state index in [1.54, 1.807) is 24.3 Å². The first-order valence-electron chi connectivity index (χ1n) is 9.59. The lowest BCUT2D eigenvalue weighted by molar-refractivity contribution is -0.274. The second kappa shape index (κ2) is 10.3. The molecule has 172 valence electrons. The average molecular weight is 476 g/mol. The molecule has 1 aromatic heterocycles. The second-order valence-corrected chi connectivity index (χ2v) is 7.84. The van der Waals surface area contributed by atoms with Crippen molar-refractivity contribution in [3.63, 3.8) is 0 Å². The Morgan fingerprint density at radius 2 is 1.36 bits per heavy atom. The smallest absolute Gasteiger partial charge is 0.406 e. The van der Waals surface area contributed by atoms with E-state index < -0.39 is 23.9 Å². The van der Waals surface area contributed by atoms with Crippen molar-refractivity contribution >= 4 is 23.6 Å². The van der Waals surface area contributed by atoms with E-state index in [1.807, 2.05) is 19.9 Å². The lowest BCUT2D eigenvalue weighted by Crippen LogP contribution is -2.41. The minimum absolute atomic E-state index is 0.0470. The summed E-state index contributed by atoms with van der Waals surface area (Å²) in [4.78, 5) is 33.1. The third-order valence-corrected chi connectivity index (χ3v) is 5.10. The van der Waals surface area contributed by atoms with Crippen molar-refractivity contribution in [2.45, 2.75) is 31.1 Å². The maximum atomic E-state index is 12.3. The van der Waals surface area contributed by atoms with Crippen LogP contribution in [-0.4, -0.2) is 28.1 Å². The van der Waals surface area contributed by atoms with Crippen molar-refractivity contribution in [1.82, 2.24) is 20.8 Å². The van der Waals surface area contributed by atoms with Gasteiger partial charge in [0.15, 0.2) is 5.16 Å². The van der Waals surface area contributed by atoms with Crippen molar-refractivity contribution < 1.29 is 27.5 Å². The van der Waals surface area contributed by atoms with Gasteiger partial charge in [0, 0.05) is 28.3 Å². The number of amides is 2. The van der Waals surface area contributed by atoms with Gasteiger partial charge in [-0.3, -0.25) is 20.4 Å². The van der Waals surface area contributed by atoms with Gasteiger partial charge in [0.2, 0.25) is 0 Å². The Kier molecular flexibility index (Phi) is 7.54. The number of carbonyl (C=O) groups excluding carboxylic acids is 2. The maximum absolute atomic E-state index is 12.3. The van der Waals surface area contributed by atoms with Crippen LogP contribution < -0.4 is 15.6 Å². The molecule has 3 rings (SSSR count). The molecule has 1 heterocycles. The van der Waals surface area contributed by atoms with Gasteiger partial charge in [0.1, 0.15) is 5.75 Å². The number of hydrogen-bond acceptors (Lipinski definition) is 6. The predicted octanol–water partition coefficient (Wildman–Crippen LogP) is 4.36. The summed E-state index contributed by atoms with van der Waals surface area (Å²) in [5.41, 5.74) is 7.60. The zero-order valence-corrected chi connectivity index (χ0v) is 18.4. The number of ether oxygens (including phenoxy) is 1. The molecule has 0 fully saturated rings. The highest BCUT2D eigenvalue weighted by atomic mass is 32.2. The van der Waals surface area contributed by atoms with Gasteiger partial charge >= 0.3 is 6.36 Å². The largest absolute Gasteiger partial charge is 0.573 e. The summed E-state index contributed by atoms with van der Waals surface area (Å²) >= 11 is 1.48. The molecule has 2 N–H and O–H groups in total. The van der Waals surface area contributed by atoms with E-state index in [1.165, 1.54) is 11.8 Å². The van der Waals surface area contributed by atoms with Crippen LogP contribution in [0, 0.1) is 13.8 Å². The normalized spacial score (nSPS) is 11.1. The van der Waals surface area contributed by atoms with Crippen LogP contribution in [-0.2, 0) is 5.75 Å². The van der Waals surface area contributed by atoms with Gasteiger partial charge < -0.3 is 4.74 Å². The van der Waals surface area contributed by atoms with Crippen LogP contribution in [0.4, 0.5) is 13.2 Å². The first-order chi connectivity index (χ1) is 15.6. The monoisotopic (exact) mass is 476 g/mol. The Morgan fingerprint density at radius 1 is 0.879 bits per heavy atom. The third-order valence-electron chi connectivity index (χ3n) is 4.19. The predicted molar refractivity (Wildman–Crippen MR) is 116 cm³/mol. The third kappa shape index (κ3) is 7.49. The Hall–Kier alpha value is -3.60. The lowest BCUT2D eigenvalue weighted by Gasteiger charge is -2.10. The number of hydrazine groups is 1. The summed E-state index contributed by atoms with van der Waals surface area (Å²) in [5, 5.41) is 0.676. The molecule has 0 saturated heterocycles. The van der Waals surface area contributed by atoms with E-state index in [0.717, 1.165) is 41.2 Å². The van der Waals surface area contributed by atoms with Crippen molar-refractivity contribution in [3.05, 3.63) is 82.7 Å². The molecule has 0 aliphatic heterocycles. The molecule has 0 unspecified atom stereocenters. The van der Waals surface area contributed by atoms with E-state index in [2.05, 4.69) is 25.6 Å². The topological polar surface area (TPSA) is 93.2 Å². The highest BCUT2D eigenvalue weighted by molar-refractivity contribution is 7.98. The van der Waals surface area contributed by atoms with Crippen LogP contribution in [0.2, 0.25) is 0 Å². The zero-order valence-electron chi connectivity index (χ0n) is 17.6. The minimum atomic E-state index is -4.82. The summed E-state index contributed by atoms with van der Waals surface area (Å²) in [6.45, 7) is 3.81. The van der Waals surface area contributed by atoms with E-state index in [-0.39, 0.29) is 5.56 Å². The molecule has 0 radical (unpaired) electrons. The highest BCUT2D eigenvalue weighted by Crippen LogP contribution is 2.23. The number of aromatic nitrogens is 2. The Bertz CT molecular complexity index is 1120. The van der Waals surface area contributed by atoms with Crippen molar-refractivity contribution in [2.75, 3.05) is 0 Å². The molecule has 0 atom stereocenters. The van der Waals surface area contributed by atoms with Gasteiger partial charge in [-0.2, -0.15) is 0 Å². The van der Waals surface area contributed by atoms with Gasteiger partial charge in [-0.15, -0.1) is 13.2 Å². The van der Waals surface area contributed by atoms with Crippen molar-refractivity contribution in [3.8, 4) is 5.75 Å². The van der Waals surface area contributed by atoms with Crippen LogP contribution >= 0.6 is 11.8 Å². The Labute approximate surface area is 191 Å². The summed E-state index contributed by atoms with van der Waals surface area (Å²) in [5.74, 6) is -1.07. The first kappa shape index (κ1) is 24.1. The molecule has 0 spiro atoms. The van der Waals surface area contributed by atoms with Crippen LogP contribution in [0.15, 0.2) is 59.8 Å². The van der Waals surface area contributed by atoms with Gasteiger partial charge in [-0.25, -0.2) is 9.97 Å². The summed E-state index contributed by atoms with van der Waals surface area (Å²) in [6, 6.07) is 13.0. The van der Waals surface area contributed by atoms with Gasteiger partial charge in [0.05, 0.1) is 0 Å². The molecule has 2 aromatic carbocycles. The fourth-order valence-corrected chi connectivity index (χ4v) is 3.63. The number of alkyl halides is 3. The number of hydrogen-bond donors (Lipinski definition) is 2. The number of carbonyl (C=O) groups is 2. The van der Waals surface area contributed by atoms with Gasteiger partial charge in [0.25, 0.3) is 11.8 Å². The summed E-state index contributed by atoms with van der Waals surface area (Å²) in [6.07, 6.45) is -4.82. The zero-order chi connectivity index (χ0) is 24.0. The molecule has 7 nitrogen and oxygen atoms in total. The SMILES string of the molecule is Cc1cc(C)nc(SCc2ccc(C(=O)NNC(=O)c3ccc(OC(F)(F)F)cc3)cc2)n1. The number of rotatable bonds is 6. The number of thioether (sulfide) groups is 1. The molecule has 0 bridgehead atoms. The number of benzene rings is 2. The molecule has 0 saturated carbocycles. The van der Waals surface area contributed by atoms with E-state index in [0.29, 0.717) is 16.5 Å². The number of nitrogens with one attached hydrogen (secondary N) is 2. The standard InChI is InChI=1S/C22H19F3N4O3S/c1-13-11-14(2)27-21(26-13)33-12-15-3-5-16(6-4-15)19(30)28-29-20(31)17-7-9-18(10-8-17)32-22(23,24)25/h3-11H,12H2,1-2H3,(H,28,30)(H,29,31). The fourth-order valence-electron chi connectivity index (χ4n) is 2.72. The van der Waals surface area contributed by atoms with Crippen molar-refractivity contribution in [2.24, 2.45) is 0 Å². The van der Waals surface area contributed by atoms with Crippen LogP contribution in [0.1, 0.15) is 37.7 Å². The molecule has 3 aromatic rings. The maximum Gasteiger partial charge on any atom is 0.573 e. The second-order valence-electron chi connectivity index (χ2n) is 6.90. The quantitative estimate of drug-likeness (QED) is 0.312. The lowest BCUT2D eigenvalue weighted by atomic mass is 10.1. The Morgan fingerprint density at radius 3 is 1.85 bits per heavy atom. The van der Waals surface area contributed by atoms with Gasteiger partial charge in [-0.1, -0.05) is 23.9 Å². The Balaban J connectivity index is 1.50. The molecule has 0 aliphatic carbocycles. The molecule has 2 amide bonds. The van der Waals surface area contributed by atoms with E-state index in [9.17, 15) is 22.8 Å². The molecule has 11 heteroatoms. The first-order valence-corrected chi connectivity index (χ1v) is 10.6. The van der Waals surface area contributed by atoms with E-state index in [4.69, 9.17) is 0 Å². The number of aryl methyl sites for hydroxylation is 2. The number of nitrogens with zero attached hydrogens (tertiary/aromatic N) is 2. The molecular weight excluding hydrogens is 457 g/mol. The molecule has 0 aliphatic rings. The van der Waals surface area contributed by atoms with Crippen LogP contribution in [0.25, 0.3) is 0 Å².